The minimum Gasteiger partial charge on any atom is -0.507 e. The maximum absolute atomic E-state index is 12.8. The maximum Gasteiger partial charge on any atom is 0.255 e. The number of phenolic OH excluding ortho intramolecular Hbond substituents is 1. The van der Waals surface area contributed by atoms with Crippen LogP contribution >= 0.6 is 0 Å². The molecular formula is C14H18FNO2. The van der Waals surface area contributed by atoms with Gasteiger partial charge < -0.3 is 10.4 Å². The lowest BCUT2D eigenvalue weighted by Crippen LogP contribution is -2.37. The minimum absolute atomic E-state index is 0.134. The molecule has 1 aromatic rings. The van der Waals surface area contributed by atoms with Gasteiger partial charge in [-0.25, -0.2) is 4.39 Å². The molecule has 0 radical (unpaired) electrons. The normalized spacial score (nSPS) is 23.7. The van der Waals surface area contributed by atoms with Gasteiger partial charge in [-0.15, -0.1) is 0 Å². The largest absolute Gasteiger partial charge is 0.507 e. The molecule has 1 aromatic carbocycles. The number of aromatic hydroxyl groups is 1. The molecule has 0 unspecified atom stereocenters. The molecule has 3 nitrogen and oxygen atoms in total. The van der Waals surface area contributed by atoms with Crippen LogP contribution in [0.3, 0.4) is 0 Å². The highest BCUT2D eigenvalue weighted by molar-refractivity contribution is 5.96. The molecule has 0 spiro atoms. The highest BCUT2D eigenvalue weighted by atomic mass is 19.1. The molecule has 0 bridgehead atoms. The SMILES string of the molecule is CC1CCC(NC(=O)c2ccc(F)cc2O)CC1. The lowest BCUT2D eigenvalue weighted by Gasteiger charge is -2.27. The third kappa shape index (κ3) is 3.00. The first-order valence-electron chi connectivity index (χ1n) is 6.35. The number of rotatable bonds is 2. The molecule has 4 heteroatoms. The number of nitrogens with one attached hydrogen (secondary N) is 1. The fourth-order valence-electron chi connectivity index (χ4n) is 2.36. The molecule has 2 rings (SSSR count). The second kappa shape index (κ2) is 5.38. The quantitative estimate of drug-likeness (QED) is 0.849. The number of halogens is 1. The summed E-state index contributed by atoms with van der Waals surface area (Å²) in [7, 11) is 0. The fourth-order valence-corrected chi connectivity index (χ4v) is 2.36. The molecule has 0 saturated heterocycles. The lowest BCUT2D eigenvalue weighted by atomic mass is 9.87. The standard InChI is InChI=1S/C14H18FNO2/c1-9-2-5-11(6-3-9)16-14(18)12-7-4-10(15)8-13(12)17/h4,7-9,11,17H,2-3,5-6H2,1H3,(H,16,18). The lowest BCUT2D eigenvalue weighted by molar-refractivity contribution is 0.0920. The van der Waals surface area contributed by atoms with Gasteiger partial charge in [0.25, 0.3) is 5.91 Å². The first kappa shape index (κ1) is 12.9. The summed E-state index contributed by atoms with van der Waals surface area (Å²) in [5.74, 6) is -0.461. The molecule has 1 amide bonds. The summed E-state index contributed by atoms with van der Waals surface area (Å²) in [6.45, 7) is 2.21. The van der Waals surface area contributed by atoms with Gasteiger partial charge in [0.1, 0.15) is 11.6 Å². The zero-order valence-electron chi connectivity index (χ0n) is 10.4. The molecule has 1 aliphatic rings. The summed E-state index contributed by atoms with van der Waals surface area (Å²) < 4.78 is 12.8. The van der Waals surface area contributed by atoms with Gasteiger partial charge in [0, 0.05) is 12.1 Å². The Morgan fingerprint density at radius 3 is 2.61 bits per heavy atom. The smallest absolute Gasteiger partial charge is 0.255 e. The fraction of sp³-hybridized carbons (Fsp3) is 0.500. The molecule has 1 aliphatic carbocycles. The number of hydrogen-bond acceptors (Lipinski definition) is 2. The van der Waals surface area contributed by atoms with Crippen LogP contribution in [0.1, 0.15) is 43.0 Å². The van der Waals surface area contributed by atoms with Crippen molar-refractivity contribution < 1.29 is 14.3 Å². The van der Waals surface area contributed by atoms with Crippen LogP contribution in [0, 0.1) is 11.7 Å². The third-order valence-electron chi connectivity index (χ3n) is 3.56. The van der Waals surface area contributed by atoms with Gasteiger partial charge >= 0.3 is 0 Å². The molecular weight excluding hydrogens is 233 g/mol. The van der Waals surface area contributed by atoms with E-state index in [2.05, 4.69) is 12.2 Å². The monoisotopic (exact) mass is 251 g/mol. The average molecular weight is 251 g/mol. The van der Waals surface area contributed by atoms with Crippen molar-refractivity contribution in [2.24, 2.45) is 5.92 Å². The third-order valence-corrected chi connectivity index (χ3v) is 3.56. The van der Waals surface area contributed by atoms with Crippen molar-refractivity contribution in [1.29, 1.82) is 0 Å². The summed E-state index contributed by atoms with van der Waals surface area (Å²) >= 11 is 0. The highest BCUT2D eigenvalue weighted by Gasteiger charge is 2.21. The molecule has 1 saturated carbocycles. The molecule has 1 fully saturated rings. The average Bonchev–Trinajstić information content (AvgIpc) is 2.32. The van der Waals surface area contributed by atoms with Crippen LogP contribution in [0.15, 0.2) is 18.2 Å². The predicted molar refractivity (Wildman–Crippen MR) is 67.0 cm³/mol. The van der Waals surface area contributed by atoms with E-state index in [1.807, 2.05) is 0 Å². The van der Waals surface area contributed by atoms with Gasteiger partial charge in [-0.3, -0.25) is 4.79 Å². The Balaban J connectivity index is 1.99. The van der Waals surface area contributed by atoms with Crippen molar-refractivity contribution in [3.63, 3.8) is 0 Å². The van der Waals surface area contributed by atoms with Crippen LogP contribution in [0.2, 0.25) is 0 Å². The van der Waals surface area contributed by atoms with Crippen LogP contribution in [-0.2, 0) is 0 Å². The van der Waals surface area contributed by atoms with E-state index in [4.69, 9.17) is 0 Å². The second-order valence-corrected chi connectivity index (χ2v) is 5.09. The number of carbonyl (C=O) groups excluding carboxylic acids is 1. The second-order valence-electron chi connectivity index (χ2n) is 5.09. The van der Waals surface area contributed by atoms with E-state index in [1.165, 1.54) is 12.1 Å². The van der Waals surface area contributed by atoms with E-state index < -0.39 is 5.82 Å². The Hall–Kier alpha value is -1.58. The Morgan fingerprint density at radius 2 is 2.00 bits per heavy atom. The Kier molecular flexibility index (Phi) is 3.84. The number of hydrogen-bond donors (Lipinski definition) is 2. The van der Waals surface area contributed by atoms with E-state index in [-0.39, 0.29) is 23.3 Å². The molecule has 18 heavy (non-hydrogen) atoms. The van der Waals surface area contributed by atoms with Crippen molar-refractivity contribution >= 4 is 5.91 Å². The van der Waals surface area contributed by atoms with E-state index in [1.54, 1.807) is 0 Å². The van der Waals surface area contributed by atoms with E-state index in [0.717, 1.165) is 37.7 Å². The summed E-state index contributed by atoms with van der Waals surface area (Å²) in [6, 6.07) is 3.61. The van der Waals surface area contributed by atoms with Crippen LogP contribution in [0.5, 0.6) is 5.75 Å². The summed E-state index contributed by atoms with van der Waals surface area (Å²) in [6.07, 6.45) is 4.16. The van der Waals surface area contributed by atoms with E-state index in [0.29, 0.717) is 0 Å². The molecule has 0 aliphatic heterocycles. The molecule has 0 heterocycles. The van der Waals surface area contributed by atoms with Crippen LogP contribution in [0.4, 0.5) is 4.39 Å². The molecule has 2 N–H and O–H groups in total. The topological polar surface area (TPSA) is 49.3 Å². The van der Waals surface area contributed by atoms with Gasteiger partial charge in [0.15, 0.2) is 0 Å². The highest BCUT2D eigenvalue weighted by Crippen LogP contribution is 2.24. The van der Waals surface area contributed by atoms with Crippen LogP contribution in [0.25, 0.3) is 0 Å². The predicted octanol–water partition coefficient (Wildman–Crippen LogP) is 2.84. The Labute approximate surface area is 106 Å². The zero-order chi connectivity index (χ0) is 13.1. The van der Waals surface area contributed by atoms with Gasteiger partial charge in [-0.05, 0) is 43.7 Å². The Morgan fingerprint density at radius 1 is 1.33 bits per heavy atom. The molecule has 0 atom stereocenters. The van der Waals surface area contributed by atoms with Crippen molar-refractivity contribution in [1.82, 2.24) is 5.32 Å². The van der Waals surface area contributed by atoms with Gasteiger partial charge in [-0.2, -0.15) is 0 Å². The number of phenols is 1. The number of benzene rings is 1. The van der Waals surface area contributed by atoms with Gasteiger partial charge in [0.05, 0.1) is 5.56 Å². The van der Waals surface area contributed by atoms with Crippen molar-refractivity contribution in [2.45, 2.75) is 38.6 Å². The first-order valence-corrected chi connectivity index (χ1v) is 6.35. The van der Waals surface area contributed by atoms with E-state index >= 15 is 0 Å². The van der Waals surface area contributed by atoms with Crippen molar-refractivity contribution in [2.75, 3.05) is 0 Å². The Bertz CT molecular complexity index is 439. The zero-order valence-corrected chi connectivity index (χ0v) is 10.4. The molecule has 98 valence electrons. The van der Waals surface area contributed by atoms with E-state index in [9.17, 15) is 14.3 Å². The summed E-state index contributed by atoms with van der Waals surface area (Å²) in [5.41, 5.74) is 0.134. The number of carbonyl (C=O) groups is 1. The molecule has 0 aromatic heterocycles. The summed E-state index contributed by atoms with van der Waals surface area (Å²) in [4.78, 5) is 11.9. The minimum atomic E-state index is -0.546. The van der Waals surface area contributed by atoms with Crippen LogP contribution in [-0.4, -0.2) is 17.1 Å². The van der Waals surface area contributed by atoms with Gasteiger partial charge in [0.2, 0.25) is 0 Å². The van der Waals surface area contributed by atoms with Gasteiger partial charge in [-0.1, -0.05) is 6.92 Å². The van der Waals surface area contributed by atoms with Crippen LogP contribution < -0.4 is 5.32 Å². The summed E-state index contributed by atoms with van der Waals surface area (Å²) in [5, 5.41) is 12.4. The maximum atomic E-state index is 12.8. The first-order chi connectivity index (χ1) is 8.56. The van der Waals surface area contributed by atoms with Crippen molar-refractivity contribution in [3.05, 3.63) is 29.6 Å². The van der Waals surface area contributed by atoms with Crippen molar-refractivity contribution in [3.8, 4) is 5.75 Å². The number of amides is 1.